The molecule has 13 heavy (non-hydrogen) atoms. The summed E-state index contributed by atoms with van der Waals surface area (Å²) in [5, 5.41) is 16.3. The van der Waals surface area contributed by atoms with Gasteiger partial charge in [-0.05, 0) is 10.9 Å². The lowest BCUT2D eigenvalue weighted by Gasteiger charge is -2.10. The van der Waals surface area contributed by atoms with Crippen molar-refractivity contribution in [1.82, 2.24) is 0 Å². The Morgan fingerprint density at radius 2 is 2.31 bits per heavy atom. The maximum absolute atomic E-state index is 11.3. The van der Waals surface area contributed by atoms with Crippen LogP contribution in [0.4, 0.5) is 11.4 Å². The molecule has 2 N–H and O–H groups in total. The summed E-state index contributed by atoms with van der Waals surface area (Å²) < 4.78 is 0. The van der Waals surface area contributed by atoms with Crippen molar-refractivity contribution in [3.05, 3.63) is 29.5 Å². The number of nitrogens with zero attached hydrogens (tertiary/aromatic N) is 3. The molecule has 1 fully saturated rings. The molecule has 1 unspecified atom stereocenters. The molecule has 0 radical (unpaired) electrons. The van der Waals surface area contributed by atoms with Gasteiger partial charge in [0.15, 0.2) is 0 Å². The Kier molecular flexibility index (Phi) is 0.947. The van der Waals surface area contributed by atoms with Crippen LogP contribution < -0.4 is 10.8 Å². The summed E-state index contributed by atoms with van der Waals surface area (Å²) in [6, 6.07) is 6.98. The second-order valence-electron chi connectivity index (χ2n) is 2.91. The number of rotatable bonds is 0. The van der Waals surface area contributed by atoms with E-state index in [4.69, 9.17) is 10.6 Å². The van der Waals surface area contributed by atoms with E-state index < -0.39 is 5.97 Å². The third-order valence-corrected chi connectivity index (χ3v) is 2.02. The molecule has 0 amide bonds. The molecule has 6 heteroatoms. The lowest BCUT2D eigenvalue weighted by molar-refractivity contribution is -0.451. The summed E-state index contributed by atoms with van der Waals surface area (Å²) >= 11 is 0. The Bertz CT molecular complexity index is 419. The molecule has 1 aromatic carbocycles. The highest BCUT2D eigenvalue weighted by Crippen LogP contribution is 2.45. The highest BCUT2D eigenvalue weighted by molar-refractivity contribution is 5.65. The standard InChI is InChI=1S/C7H6N4O2/c8-7-9-11(12)6-4-2-1-3-5(6)10(7)13-7/h1-4H,8H2. The van der Waals surface area contributed by atoms with Crippen LogP contribution in [0.25, 0.3) is 0 Å². The van der Waals surface area contributed by atoms with Gasteiger partial charge in [0, 0.05) is 6.07 Å². The first kappa shape index (κ1) is 6.81. The van der Waals surface area contributed by atoms with E-state index in [0.717, 1.165) is 0 Å². The minimum Gasteiger partial charge on any atom is -0.594 e. The maximum Gasteiger partial charge on any atom is 0.403 e. The normalized spacial score (nSPS) is 29.0. The van der Waals surface area contributed by atoms with Crippen molar-refractivity contribution < 1.29 is 9.70 Å². The molecule has 0 bridgehead atoms. The van der Waals surface area contributed by atoms with Crippen molar-refractivity contribution >= 4 is 11.4 Å². The second-order valence-corrected chi connectivity index (χ2v) is 2.91. The second kappa shape index (κ2) is 1.81. The predicted molar refractivity (Wildman–Crippen MR) is 42.6 cm³/mol. The zero-order valence-electron chi connectivity index (χ0n) is 6.54. The molecule has 1 aromatic rings. The van der Waals surface area contributed by atoms with E-state index in [0.29, 0.717) is 16.2 Å². The average Bonchev–Trinajstić information content (AvgIpc) is 2.78. The van der Waals surface area contributed by atoms with E-state index >= 15 is 0 Å². The first-order valence-corrected chi connectivity index (χ1v) is 3.78. The molecule has 0 saturated carbocycles. The summed E-state index contributed by atoms with van der Waals surface area (Å²) in [7, 11) is 0. The lowest BCUT2D eigenvalue weighted by atomic mass is 10.2. The first-order chi connectivity index (χ1) is 6.21. The number of hydrogen-bond donors (Lipinski definition) is 1. The van der Waals surface area contributed by atoms with Gasteiger partial charge >= 0.3 is 5.97 Å². The fraction of sp³-hybridized carbons (Fsp3) is 0.143. The SMILES string of the molecule is NC12N=[N+]([O-])c3ccccc3N1O2. The third kappa shape index (κ3) is 0.732. The van der Waals surface area contributed by atoms with Crippen LogP contribution in [0.15, 0.2) is 29.4 Å². The van der Waals surface area contributed by atoms with Crippen LogP contribution in [0, 0.1) is 5.21 Å². The Morgan fingerprint density at radius 1 is 1.54 bits per heavy atom. The summed E-state index contributed by atoms with van der Waals surface area (Å²) in [5.41, 5.74) is 6.65. The molecule has 2 heterocycles. The molecular weight excluding hydrogens is 172 g/mol. The fourth-order valence-corrected chi connectivity index (χ4v) is 1.38. The number of hydrogen-bond acceptors (Lipinski definition) is 5. The van der Waals surface area contributed by atoms with Crippen LogP contribution in [-0.2, 0) is 4.84 Å². The van der Waals surface area contributed by atoms with E-state index in [1.54, 1.807) is 24.3 Å². The highest BCUT2D eigenvalue weighted by Gasteiger charge is 2.61. The van der Waals surface area contributed by atoms with Crippen LogP contribution in [0.5, 0.6) is 0 Å². The quantitative estimate of drug-likeness (QED) is 0.358. The van der Waals surface area contributed by atoms with Gasteiger partial charge in [-0.25, -0.2) is 0 Å². The molecule has 2 aliphatic heterocycles. The molecule has 0 spiro atoms. The van der Waals surface area contributed by atoms with Gasteiger partial charge in [-0.1, -0.05) is 12.1 Å². The van der Waals surface area contributed by atoms with E-state index in [9.17, 15) is 5.21 Å². The van der Waals surface area contributed by atoms with E-state index in [1.807, 2.05) is 0 Å². The third-order valence-electron chi connectivity index (χ3n) is 2.02. The largest absolute Gasteiger partial charge is 0.594 e. The Balaban J connectivity index is 2.25. The first-order valence-electron chi connectivity index (χ1n) is 3.78. The number of para-hydroxylation sites is 2. The highest BCUT2D eigenvalue weighted by atomic mass is 16.9. The van der Waals surface area contributed by atoms with Crippen molar-refractivity contribution in [2.75, 3.05) is 5.06 Å². The van der Waals surface area contributed by atoms with Crippen LogP contribution in [-0.4, -0.2) is 10.8 Å². The molecule has 1 atom stereocenters. The van der Waals surface area contributed by atoms with Gasteiger partial charge in [0.25, 0.3) is 5.69 Å². The van der Waals surface area contributed by atoms with Gasteiger partial charge in [-0.15, -0.1) is 0 Å². The number of azo groups is 1. The Morgan fingerprint density at radius 3 is 3.15 bits per heavy atom. The minimum absolute atomic E-state index is 0.445. The van der Waals surface area contributed by atoms with Gasteiger partial charge in [0.2, 0.25) is 0 Å². The number of fused-ring (bicyclic) bond motifs is 3. The van der Waals surface area contributed by atoms with Crippen LogP contribution in [0.1, 0.15) is 0 Å². The van der Waals surface area contributed by atoms with Crippen LogP contribution in [0.2, 0.25) is 0 Å². The van der Waals surface area contributed by atoms with E-state index in [1.165, 1.54) is 5.06 Å². The van der Waals surface area contributed by atoms with Crippen molar-refractivity contribution in [3.8, 4) is 0 Å². The number of benzene rings is 1. The predicted octanol–water partition coefficient (Wildman–Crippen LogP) is 0.616. The molecule has 6 nitrogen and oxygen atoms in total. The zero-order chi connectivity index (χ0) is 9.05. The molecule has 66 valence electrons. The van der Waals surface area contributed by atoms with Gasteiger partial charge in [-0.3, -0.25) is 5.73 Å². The van der Waals surface area contributed by atoms with Crippen molar-refractivity contribution in [2.45, 2.75) is 5.97 Å². The Labute approximate surface area is 73.4 Å². The van der Waals surface area contributed by atoms with Gasteiger partial charge in [0.05, 0.1) is 5.11 Å². The Hall–Kier alpha value is -1.66. The summed E-state index contributed by atoms with van der Waals surface area (Å²) in [5.74, 6) is -1.27. The summed E-state index contributed by atoms with van der Waals surface area (Å²) in [4.78, 5) is 5.45. The van der Waals surface area contributed by atoms with E-state index in [-0.39, 0.29) is 0 Å². The zero-order valence-corrected chi connectivity index (χ0v) is 6.54. The fourth-order valence-electron chi connectivity index (χ4n) is 1.38. The molecule has 1 saturated heterocycles. The molecule has 0 aliphatic carbocycles. The molecule has 3 rings (SSSR count). The van der Waals surface area contributed by atoms with Gasteiger partial charge in [-0.2, -0.15) is 9.90 Å². The number of hydroxylamine groups is 1. The molecular formula is C7H6N4O2. The smallest absolute Gasteiger partial charge is 0.403 e. The molecule has 2 aliphatic rings. The minimum atomic E-state index is -1.27. The van der Waals surface area contributed by atoms with Gasteiger partial charge in [0.1, 0.15) is 5.69 Å². The average molecular weight is 178 g/mol. The maximum atomic E-state index is 11.3. The van der Waals surface area contributed by atoms with Crippen LogP contribution >= 0.6 is 0 Å². The summed E-state index contributed by atoms with van der Waals surface area (Å²) in [6.07, 6.45) is 0. The van der Waals surface area contributed by atoms with Crippen molar-refractivity contribution in [1.29, 1.82) is 0 Å². The lowest BCUT2D eigenvalue weighted by Crippen LogP contribution is -2.31. The van der Waals surface area contributed by atoms with Crippen LogP contribution in [0.3, 0.4) is 0 Å². The molecule has 0 aromatic heterocycles. The van der Waals surface area contributed by atoms with Crippen molar-refractivity contribution in [2.24, 2.45) is 10.8 Å². The topological polar surface area (TPSA) is 80.0 Å². The van der Waals surface area contributed by atoms with Gasteiger partial charge < -0.3 is 5.21 Å². The monoisotopic (exact) mass is 178 g/mol. The number of nitrogens with two attached hydrogens (primary N) is 1. The van der Waals surface area contributed by atoms with Crippen molar-refractivity contribution in [3.63, 3.8) is 0 Å². The summed E-state index contributed by atoms with van der Waals surface area (Å²) in [6.45, 7) is 0. The number of anilines is 1. The van der Waals surface area contributed by atoms with E-state index in [2.05, 4.69) is 5.11 Å².